The van der Waals surface area contributed by atoms with Crippen molar-refractivity contribution < 1.29 is 0 Å². The number of rotatable bonds is 5. The Bertz CT molecular complexity index is 605. The third kappa shape index (κ3) is 2.51. The van der Waals surface area contributed by atoms with Gasteiger partial charge in [-0.25, -0.2) is 4.98 Å². The van der Waals surface area contributed by atoms with Crippen LogP contribution in [-0.2, 0) is 0 Å². The smallest absolute Gasteiger partial charge is 0.194 e. The fraction of sp³-hybridized carbons (Fsp3) is 0.571. The second kappa shape index (κ2) is 5.72. The van der Waals surface area contributed by atoms with Crippen LogP contribution in [0.15, 0.2) is 5.38 Å². The van der Waals surface area contributed by atoms with E-state index >= 15 is 0 Å². The van der Waals surface area contributed by atoms with E-state index in [1.54, 1.807) is 11.3 Å². The number of hydrogen-bond acceptors (Lipinski definition) is 4. The molecule has 0 bridgehead atoms. The lowest BCUT2D eigenvalue weighted by molar-refractivity contribution is 0.281. The van der Waals surface area contributed by atoms with E-state index in [0.717, 1.165) is 41.4 Å². The first-order chi connectivity index (χ1) is 9.10. The number of hydrogen-bond donors (Lipinski definition) is 0. The van der Waals surface area contributed by atoms with E-state index in [4.69, 9.17) is 0 Å². The van der Waals surface area contributed by atoms with Crippen molar-refractivity contribution in [3.63, 3.8) is 0 Å². The summed E-state index contributed by atoms with van der Waals surface area (Å²) in [6.07, 6.45) is 2.25. The zero-order chi connectivity index (χ0) is 14.0. The zero-order valence-electron chi connectivity index (χ0n) is 12.0. The van der Waals surface area contributed by atoms with Crippen molar-refractivity contribution in [2.24, 2.45) is 0 Å². The molecular weight excluding hydrogens is 256 g/mol. The van der Waals surface area contributed by atoms with Gasteiger partial charge in [0.1, 0.15) is 6.04 Å². The summed E-state index contributed by atoms with van der Waals surface area (Å²) >= 11 is 1.63. The van der Waals surface area contributed by atoms with Crippen molar-refractivity contribution >= 4 is 16.3 Å². The molecule has 0 aliphatic rings. The van der Waals surface area contributed by atoms with Gasteiger partial charge in [-0.05, 0) is 33.9 Å². The van der Waals surface area contributed by atoms with Gasteiger partial charge in [0, 0.05) is 11.1 Å². The van der Waals surface area contributed by atoms with Gasteiger partial charge >= 0.3 is 0 Å². The number of thiazole rings is 1. The third-order valence-corrected chi connectivity index (χ3v) is 4.38. The first-order valence-corrected chi connectivity index (χ1v) is 7.51. The molecule has 2 rings (SSSR count). The van der Waals surface area contributed by atoms with Crippen LogP contribution in [0.3, 0.4) is 0 Å². The summed E-state index contributed by atoms with van der Waals surface area (Å²) in [6.45, 7) is 7.16. The van der Waals surface area contributed by atoms with Crippen molar-refractivity contribution in [2.75, 3.05) is 13.6 Å². The minimum absolute atomic E-state index is 0.227. The highest BCUT2D eigenvalue weighted by Crippen LogP contribution is 2.28. The summed E-state index contributed by atoms with van der Waals surface area (Å²) < 4.78 is 2.12. The van der Waals surface area contributed by atoms with Gasteiger partial charge in [0.15, 0.2) is 4.96 Å². The van der Waals surface area contributed by atoms with Crippen molar-refractivity contribution in [1.29, 1.82) is 5.26 Å². The fourth-order valence-electron chi connectivity index (χ4n) is 2.35. The highest BCUT2D eigenvalue weighted by Gasteiger charge is 2.24. The largest absolute Gasteiger partial charge is 0.289 e. The van der Waals surface area contributed by atoms with Gasteiger partial charge in [-0.2, -0.15) is 5.26 Å². The topological polar surface area (TPSA) is 44.3 Å². The molecule has 19 heavy (non-hydrogen) atoms. The molecule has 2 aromatic rings. The molecule has 0 fully saturated rings. The van der Waals surface area contributed by atoms with E-state index < -0.39 is 0 Å². The Kier molecular flexibility index (Phi) is 4.23. The van der Waals surface area contributed by atoms with Gasteiger partial charge in [0.25, 0.3) is 0 Å². The first-order valence-electron chi connectivity index (χ1n) is 6.63. The van der Waals surface area contributed by atoms with Gasteiger partial charge in [-0.15, -0.1) is 11.3 Å². The summed E-state index contributed by atoms with van der Waals surface area (Å²) in [4.78, 5) is 7.67. The molecule has 0 spiro atoms. The minimum Gasteiger partial charge on any atom is -0.289 e. The van der Waals surface area contributed by atoms with Crippen LogP contribution in [0, 0.1) is 25.2 Å². The van der Waals surface area contributed by atoms with Crippen LogP contribution in [-0.4, -0.2) is 27.9 Å². The van der Waals surface area contributed by atoms with E-state index in [0.29, 0.717) is 0 Å². The predicted octanol–water partition coefficient (Wildman–Crippen LogP) is 3.31. The molecule has 0 aliphatic carbocycles. The molecular formula is C14H20N4S. The molecule has 1 unspecified atom stereocenters. The standard InChI is InChI=1S/C14H20N4S/c1-5-6-7-17(4)12(8-15)13-11(3)16-14-18(13)10(2)9-19-14/h9,12H,5-7H2,1-4H3. The molecule has 2 aromatic heterocycles. The number of fused-ring (bicyclic) bond motifs is 1. The molecule has 0 radical (unpaired) electrons. The van der Waals surface area contributed by atoms with Crippen LogP contribution >= 0.6 is 11.3 Å². The number of nitrogens with zero attached hydrogens (tertiary/aromatic N) is 4. The summed E-state index contributed by atoms with van der Waals surface area (Å²) in [5.74, 6) is 0. The zero-order valence-corrected chi connectivity index (χ0v) is 12.8. The Morgan fingerprint density at radius 3 is 2.89 bits per heavy atom. The second-order valence-electron chi connectivity index (χ2n) is 4.94. The van der Waals surface area contributed by atoms with E-state index in [1.807, 2.05) is 14.0 Å². The average Bonchev–Trinajstić information content (AvgIpc) is 2.89. The highest BCUT2D eigenvalue weighted by atomic mass is 32.1. The van der Waals surface area contributed by atoms with E-state index in [9.17, 15) is 5.26 Å². The highest BCUT2D eigenvalue weighted by molar-refractivity contribution is 7.15. The first kappa shape index (κ1) is 14.0. The van der Waals surface area contributed by atoms with E-state index in [1.165, 1.54) is 0 Å². The van der Waals surface area contributed by atoms with Crippen LogP contribution in [0.1, 0.15) is 42.9 Å². The van der Waals surface area contributed by atoms with Crippen LogP contribution in [0.4, 0.5) is 0 Å². The van der Waals surface area contributed by atoms with Crippen molar-refractivity contribution in [1.82, 2.24) is 14.3 Å². The molecule has 2 heterocycles. The van der Waals surface area contributed by atoms with Crippen molar-refractivity contribution in [3.05, 3.63) is 22.5 Å². The Hall–Kier alpha value is -1.38. The molecule has 0 aliphatic heterocycles. The average molecular weight is 276 g/mol. The molecule has 0 N–H and O–H groups in total. The maximum atomic E-state index is 9.55. The summed E-state index contributed by atoms with van der Waals surface area (Å²) in [5.41, 5.74) is 3.14. The molecule has 0 amide bonds. The fourth-order valence-corrected chi connectivity index (χ4v) is 3.27. The van der Waals surface area contributed by atoms with Crippen LogP contribution in [0.2, 0.25) is 0 Å². The molecule has 0 saturated heterocycles. The maximum Gasteiger partial charge on any atom is 0.194 e. The maximum absolute atomic E-state index is 9.55. The van der Waals surface area contributed by atoms with Gasteiger partial charge in [0.2, 0.25) is 0 Å². The number of aryl methyl sites for hydroxylation is 2. The van der Waals surface area contributed by atoms with Gasteiger partial charge in [-0.1, -0.05) is 13.3 Å². The van der Waals surface area contributed by atoms with E-state index in [-0.39, 0.29) is 6.04 Å². The summed E-state index contributed by atoms with van der Waals surface area (Å²) in [5, 5.41) is 11.6. The molecule has 0 aromatic carbocycles. The predicted molar refractivity (Wildman–Crippen MR) is 78.4 cm³/mol. The monoisotopic (exact) mass is 276 g/mol. The Morgan fingerprint density at radius 2 is 2.26 bits per heavy atom. The Balaban J connectivity index is 2.43. The Labute approximate surface area is 118 Å². The Morgan fingerprint density at radius 1 is 1.53 bits per heavy atom. The van der Waals surface area contributed by atoms with Gasteiger partial charge in [0.05, 0.1) is 17.5 Å². The van der Waals surface area contributed by atoms with Gasteiger partial charge in [-0.3, -0.25) is 9.30 Å². The summed E-state index contributed by atoms with van der Waals surface area (Å²) in [7, 11) is 2.02. The SMILES string of the molecule is CCCCN(C)C(C#N)c1c(C)nc2scc(C)n12. The molecule has 5 heteroatoms. The number of unbranched alkanes of at least 4 members (excludes halogenated alkanes) is 1. The lowest BCUT2D eigenvalue weighted by Gasteiger charge is -2.22. The van der Waals surface area contributed by atoms with Crippen LogP contribution < -0.4 is 0 Å². The lowest BCUT2D eigenvalue weighted by Crippen LogP contribution is -2.26. The lowest BCUT2D eigenvalue weighted by atomic mass is 10.1. The normalized spacial score (nSPS) is 13.1. The van der Waals surface area contributed by atoms with Crippen molar-refractivity contribution in [2.45, 2.75) is 39.7 Å². The quantitative estimate of drug-likeness (QED) is 0.841. The minimum atomic E-state index is -0.227. The summed E-state index contributed by atoms with van der Waals surface area (Å²) in [6, 6.07) is 2.21. The van der Waals surface area contributed by atoms with Gasteiger partial charge < -0.3 is 0 Å². The van der Waals surface area contributed by atoms with Crippen molar-refractivity contribution in [3.8, 4) is 6.07 Å². The number of imidazole rings is 1. The third-order valence-electron chi connectivity index (χ3n) is 3.44. The van der Waals surface area contributed by atoms with Crippen LogP contribution in [0.25, 0.3) is 4.96 Å². The molecule has 102 valence electrons. The molecule has 1 atom stereocenters. The number of nitriles is 1. The number of aromatic nitrogens is 2. The molecule has 4 nitrogen and oxygen atoms in total. The molecule has 0 saturated carbocycles. The van der Waals surface area contributed by atoms with E-state index in [2.05, 4.69) is 39.6 Å². The second-order valence-corrected chi connectivity index (χ2v) is 5.78. The van der Waals surface area contributed by atoms with Crippen LogP contribution in [0.5, 0.6) is 0 Å².